The Morgan fingerprint density at radius 2 is 1.80 bits per heavy atom. The standard InChI is InChI=1S/C18H20N2O5/c1-23-13-6-4-12(5-7-13)11-20-9-8-14(17(21)24-2)16(20)15(10-19)18(22)25-3/h4-10,15,19H,11H2,1-3H3. The summed E-state index contributed by atoms with van der Waals surface area (Å²) >= 11 is 0. The second kappa shape index (κ2) is 8.14. The lowest BCUT2D eigenvalue weighted by atomic mass is 10.0. The average Bonchev–Trinajstić information content (AvgIpc) is 3.05. The Balaban J connectivity index is 2.45. The zero-order valence-electron chi connectivity index (χ0n) is 14.3. The van der Waals surface area contributed by atoms with Gasteiger partial charge in [0.25, 0.3) is 0 Å². The van der Waals surface area contributed by atoms with Crippen LogP contribution in [-0.2, 0) is 20.8 Å². The Morgan fingerprint density at radius 3 is 2.32 bits per heavy atom. The lowest BCUT2D eigenvalue weighted by molar-refractivity contribution is -0.140. The zero-order chi connectivity index (χ0) is 18.4. The number of methoxy groups -OCH3 is 3. The molecule has 0 aliphatic rings. The van der Waals surface area contributed by atoms with E-state index in [1.165, 1.54) is 14.2 Å². The molecule has 2 rings (SSSR count). The molecule has 0 saturated heterocycles. The van der Waals surface area contributed by atoms with E-state index in [0.29, 0.717) is 12.2 Å². The van der Waals surface area contributed by atoms with Gasteiger partial charge in [-0.05, 0) is 23.8 Å². The van der Waals surface area contributed by atoms with Gasteiger partial charge in [-0.3, -0.25) is 4.79 Å². The first-order chi connectivity index (χ1) is 12.0. The summed E-state index contributed by atoms with van der Waals surface area (Å²) in [5, 5.41) is 7.59. The molecule has 0 fully saturated rings. The van der Waals surface area contributed by atoms with Crippen molar-refractivity contribution in [1.29, 1.82) is 5.41 Å². The molecular weight excluding hydrogens is 324 g/mol. The Labute approximate surface area is 145 Å². The van der Waals surface area contributed by atoms with Crippen LogP contribution in [0.25, 0.3) is 0 Å². The Bertz CT molecular complexity index is 764. The molecular formula is C18H20N2O5. The van der Waals surface area contributed by atoms with Crippen molar-refractivity contribution in [2.24, 2.45) is 0 Å². The van der Waals surface area contributed by atoms with Crippen molar-refractivity contribution in [3.8, 4) is 5.75 Å². The van der Waals surface area contributed by atoms with Crippen LogP contribution in [0.3, 0.4) is 0 Å². The van der Waals surface area contributed by atoms with E-state index in [1.807, 2.05) is 24.3 Å². The second-order valence-electron chi connectivity index (χ2n) is 5.25. The smallest absolute Gasteiger partial charge is 0.339 e. The van der Waals surface area contributed by atoms with Gasteiger partial charge in [0.05, 0.1) is 32.6 Å². The van der Waals surface area contributed by atoms with Crippen LogP contribution in [0.4, 0.5) is 0 Å². The van der Waals surface area contributed by atoms with Crippen LogP contribution in [0.5, 0.6) is 5.75 Å². The molecule has 1 aromatic heterocycles. The molecule has 7 nitrogen and oxygen atoms in total. The molecule has 25 heavy (non-hydrogen) atoms. The van der Waals surface area contributed by atoms with Gasteiger partial charge in [0.1, 0.15) is 11.7 Å². The van der Waals surface area contributed by atoms with Crippen LogP contribution in [0.2, 0.25) is 0 Å². The van der Waals surface area contributed by atoms with Crippen molar-refractivity contribution >= 4 is 18.2 Å². The molecule has 1 aromatic carbocycles. The summed E-state index contributed by atoms with van der Waals surface area (Å²) < 4.78 is 16.4. The van der Waals surface area contributed by atoms with Crippen LogP contribution >= 0.6 is 0 Å². The summed E-state index contributed by atoms with van der Waals surface area (Å²) in [5.41, 5.74) is 1.54. The number of benzene rings is 1. The molecule has 0 radical (unpaired) electrons. The van der Waals surface area contributed by atoms with E-state index in [-0.39, 0.29) is 5.56 Å². The van der Waals surface area contributed by atoms with Gasteiger partial charge in [-0.2, -0.15) is 0 Å². The largest absolute Gasteiger partial charge is 0.497 e. The normalized spacial score (nSPS) is 11.5. The molecule has 0 saturated carbocycles. The monoisotopic (exact) mass is 344 g/mol. The molecule has 0 amide bonds. The predicted octanol–water partition coefficient (Wildman–Crippen LogP) is 2.24. The first-order valence-electron chi connectivity index (χ1n) is 7.54. The molecule has 1 unspecified atom stereocenters. The number of hydrogen-bond acceptors (Lipinski definition) is 6. The van der Waals surface area contributed by atoms with Crippen molar-refractivity contribution in [2.75, 3.05) is 21.3 Å². The molecule has 0 bridgehead atoms. The fourth-order valence-electron chi connectivity index (χ4n) is 2.56. The van der Waals surface area contributed by atoms with Gasteiger partial charge in [-0.1, -0.05) is 12.1 Å². The fraction of sp³-hybridized carbons (Fsp3) is 0.278. The van der Waals surface area contributed by atoms with Gasteiger partial charge in [-0.25, -0.2) is 4.79 Å². The van der Waals surface area contributed by atoms with E-state index >= 15 is 0 Å². The van der Waals surface area contributed by atoms with Gasteiger partial charge < -0.3 is 24.2 Å². The number of nitrogens with zero attached hydrogens (tertiary/aromatic N) is 1. The third-order valence-electron chi connectivity index (χ3n) is 3.84. The highest BCUT2D eigenvalue weighted by atomic mass is 16.5. The third kappa shape index (κ3) is 3.88. The number of carbonyl (C=O) groups excluding carboxylic acids is 2. The minimum absolute atomic E-state index is 0.231. The average molecular weight is 344 g/mol. The van der Waals surface area contributed by atoms with Crippen LogP contribution in [0, 0.1) is 5.41 Å². The summed E-state index contributed by atoms with van der Waals surface area (Å²) in [6, 6.07) is 9.00. The van der Waals surface area contributed by atoms with Crippen molar-refractivity contribution in [3.63, 3.8) is 0 Å². The Kier molecular flexibility index (Phi) is 5.94. The highest BCUT2D eigenvalue weighted by Gasteiger charge is 2.28. The van der Waals surface area contributed by atoms with Crippen LogP contribution in [-0.4, -0.2) is 44.0 Å². The highest BCUT2D eigenvalue weighted by molar-refractivity contribution is 5.99. The maximum Gasteiger partial charge on any atom is 0.339 e. The molecule has 2 aromatic rings. The second-order valence-corrected chi connectivity index (χ2v) is 5.25. The van der Waals surface area contributed by atoms with Crippen molar-refractivity contribution in [1.82, 2.24) is 4.57 Å². The molecule has 7 heteroatoms. The predicted molar refractivity (Wildman–Crippen MR) is 91.4 cm³/mol. The van der Waals surface area contributed by atoms with E-state index in [0.717, 1.165) is 17.5 Å². The molecule has 0 spiro atoms. The Hall–Kier alpha value is -3.09. The van der Waals surface area contributed by atoms with E-state index in [1.54, 1.807) is 23.9 Å². The summed E-state index contributed by atoms with van der Waals surface area (Å²) in [4.78, 5) is 24.1. The summed E-state index contributed by atoms with van der Waals surface area (Å²) in [6.45, 7) is 0.414. The van der Waals surface area contributed by atoms with E-state index < -0.39 is 17.9 Å². The number of carbonyl (C=O) groups is 2. The van der Waals surface area contributed by atoms with E-state index in [4.69, 9.17) is 19.6 Å². The quantitative estimate of drug-likeness (QED) is 0.614. The zero-order valence-corrected chi connectivity index (χ0v) is 14.3. The SMILES string of the molecule is COC(=O)c1ccn(Cc2ccc(OC)cc2)c1C(C=N)C(=O)OC. The number of ether oxygens (including phenoxy) is 3. The minimum Gasteiger partial charge on any atom is -0.497 e. The van der Waals surface area contributed by atoms with Crippen LogP contribution in [0.1, 0.15) is 27.5 Å². The number of esters is 2. The molecule has 132 valence electrons. The third-order valence-corrected chi connectivity index (χ3v) is 3.84. The maximum absolute atomic E-state index is 12.0. The topological polar surface area (TPSA) is 90.6 Å². The summed E-state index contributed by atoms with van der Waals surface area (Å²) in [5.74, 6) is -1.44. The molecule has 1 atom stereocenters. The minimum atomic E-state index is -0.993. The van der Waals surface area contributed by atoms with Gasteiger partial charge in [0.15, 0.2) is 0 Å². The molecule has 0 aliphatic heterocycles. The maximum atomic E-state index is 12.0. The van der Waals surface area contributed by atoms with Crippen LogP contribution in [0.15, 0.2) is 36.5 Å². The Morgan fingerprint density at radius 1 is 1.12 bits per heavy atom. The summed E-state index contributed by atoms with van der Waals surface area (Å²) in [7, 11) is 4.10. The van der Waals surface area contributed by atoms with E-state index in [9.17, 15) is 9.59 Å². The van der Waals surface area contributed by atoms with Gasteiger partial charge in [0.2, 0.25) is 0 Å². The lowest BCUT2D eigenvalue weighted by Gasteiger charge is -2.16. The number of nitrogens with one attached hydrogen (secondary N) is 1. The first kappa shape index (κ1) is 18.3. The molecule has 0 aliphatic carbocycles. The number of aromatic nitrogens is 1. The number of hydrogen-bond donors (Lipinski definition) is 1. The van der Waals surface area contributed by atoms with Gasteiger partial charge >= 0.3 is 11.9 Å². The van der Waals surface area contributed by atoms with Gasteiger partial charge in [-0.15, -0.1) is 0 Å². The lowest BCUT2D eigenvalue weighted by Crippen LogP contribution is -2.22. The van der Waals surface area contributed by atoms with Crippen molar-refractivity contribution in [3.05, 3.63) is 53.3 Å². The van der Waals surface area contributed by atoms with Crippen molar-refractivity contribution in [2.45, 2.75) is 12.5 Å². The molecule has 1 N–H and O–H groups in total. The number of rotatable bonds is 7. The fourth-order valence-corrected chi connectivity index (χ4v) is 2.56. The first-order valence-corrected chi connectivity index (χ1v) is 7.54. The summed E-state index contributed by atoms with van der Waals surface area (Å²) in [6.07, 6.45) is 2.64. The van der Waals surface area contributed by atoms with Crippen molar-refractivity contribution < 1.29 is 23.8 Å². The van der Waals surface area contributed by atoms with E-state index in [2.05, 4.69) is 0 Å². The van der Waals surface area contributed by atoms with Gasteiger partial charge in [0, 0.05) is 19.0 Å². The molecule has 1 heterocycles. The van der Waals surface area contributed by atoms with Crippen LogP contribution < -0.4 is 4.74 Å². The highest BCUT2D eigenvalue weighted by Crippen LogP contribution is 2.24.